The first kappa shape index (κ1) is 15.1. The highest BCUT2D eigenvalue weighted by Crippen LogP contribution is 2.26. The van der Waals surface area contributed by atoms with Crippen LogP contribution in [0.25, 0.3) is 0 Å². The van der Waals surface area contributed by atoms with Gasteiger partial charge in [-0.3, -0.25) is 5.32 Å². The molecule has 0 aliphatic rings. The Bertz CT molecular complexity index is 486. The molecule has 1 aromatic carbocycles. The van der Waals surface area contributed by atoms with Crippen molar-refractivity contribution in [1.82, 2.24) is 0 Å². The van der Waals surface area contributed by atoms with Gasteiger partial charge in [0, 0.05) is 3.57 Å². The van der Waals surface area contributed by atoms with E-state index in [2.05, 4.69) is 5.32 Å². The number of carbonyl (C=O) groups is 1. The quantitative estimate of drug-likeness (QED) is 0.458. The van der Waals surface area contributed by atoms with Crippen molar-refractivity contribution < 1.29 is 22.7 Å². The van der Waals surface area contributed by atoms with Crippen LogP contribution in [0.5, 0.6) is 0 Å². The lowest BCUT2D eigenvalue weighted by atomic mass is 10.2. The topological polar surface area (TPSA) is 38.3 Å². The van der Waals surface area contributed by atoms with Crippen LogP contribution in [0.3, 0.4) is 0 Å². The fourth-order valence-electron chi connectivity index (χ4n) is 1.09. The Labute approximate surface area is 116 Å². The molecular formula is C11H11F3INO2. The first-order valence-electron chi connectivity index (χ1n) is 4.95. The van der Waals surface area contributed by atoms with Gasteiger partial charge in [0.2, 0.25) is 0 Å². The van der Waals surface area contributed by atoms with Gasteiger partial charge in [0.15, 0.2) is 17.5 Å². The lowest BCUT2D eigenvalue weighted by Gasteiger charge is -2.20. The van der Waals surface area contributed by atoms with Gasteiger partial charge in [0.1, 0.15) is 5.60 Å². The highest BCUT2D eigenvalue weighted by atomic mass is 127. The Balaban J connectivity index is 2.99. The van der Waals surface area contributed by atoms with Gasteiger partial charge >= 0.3 is 6.09 Å². The number of anilines is 1. The molecule has 1 rings (SSSR count). The lowest BCUT2D eigenvalue weighted by Crippen LogP contribution is -2.28. The summed E-state index contributed by atoms with van der Waals surface area (Å²) in [5.74, 6) is -4.40. The molecule has 0 saturated heterocycles. The summed E-state index contributed by atoms with van der Waals surface area (Å²) in [5.41, 5.74) is -1.21. The Hall–Kier alpha value is -0.990. The largest absolute Gasteiger partial charge is 0.444 e. The molecule has 18 heavy (non-hydrogen) atoms. The molecule has 0 radical (unpaired) electrons. The number of rotatable bonds is 1. The smallest absolute Gasteiger partial charge is 0.412 e. The molecule has 100 valence electrons. The van der Waals surface area contributed by atoms with Gasteiger partial charge in [0.25, 0.3) is 0 Å². The van der Waals surface area contributed by atoms with Gasteiger partial charge in [0.05, 0.1) is 5.69 Å². The maximum absolute atomic E-state index is 13.4. The summed E-state index contributed by atoms with van der Waals surface area (Å²) in [4.78, 5) is 11.4. The lowest BCUT2D eigenvalue weighted by molar-refractivity contribution is 0.0635. The average molecular weight is 373 g/mol. The maximum Gasteiger partial charge on any atom is 0.412 e. The first-order valence-corrected chi connectivity index (χ1v) is 6.02. The van der Waals surface area contributed by atoms with Crippen LogP contribution in [0.15, 0.2) is 6.07 Å². The van der Waals surface area contributed by atoms with Gasteiger partial charge in [-0.25, -0.2) is 18.0 Å². The van der Waals surface area contributed by atoms with Crippen molar-refractivity contribution in [2.45, 2.75) is 26.4 Å². The van der Waals surface area contributed by atoms with Crippen molar-refractivity contribution in [3.05, 3.63) is 27.1 Å². The number of benzene rings is 1. The van der Waals surface area contributed by atoms with Crippen molar-refractivity contribution in [2.24, 2.45) is 0 Å². The predicted octanol–water partition coefficient (Wildman–Crippen LogP) is 4.06. The standard InChI is InChI=1S/C11H11F3INO2/c1-11(2,3)18-10(17)16-9-6(15)4-5(12)7(13)8(9)14/h4H,1-3H3,(H,16,17). The summed E-state index contributed by atoms with van der Waals surface area (Å²) in [5, 5.41) is 2.05. The van der Waals surface area contributed by atoms with Crippen LogP contribution in [-0.4, -0.2) is 11.7 Å². The van der Waals surface area contributed by atoms with Gasteiger partial charge in [-0.1, -0.05) is 0 Å². The van der Waals surface area contributed by atoms with E-state index in [9.17, 15) is 18.0 Å². The number of hydrogen-bond donors (Lipinski definition) is 1. The maximum atomic E-state index is 13.4. The summed E-state index contributed by atoms with van der Waals surface area (Å²) >= 11 is 1.58. The zero-order chi connectivity index (χ0) is 14.1. The van der Waals surface area contributed by atoms with Crippen molar-refractivity contribution in [3.63, 3.8) is 0 Å². The van der Waals surface area contributed by atoms with Crippen LogP contribution in [0.4, 0.5) is 23.7 Å². The molecule has 1 aromatic rings. The van der Waals surface area contributed by atoms with Crippen LogP contribution in [0, 0.1) is 21.0 Å². The van der Waals surface area contributed by atoms with E-state index in [-0.39, 0.29) is 3.57 Å². The number of ether oxygens (including phenoxy) is 1. The van der Waals surface area contributed by atoms with Gasteiger partial charge in [-0.05, 0) is 49.4 Å². The Morgan fingerprint density at radius 3 is 2.33 bits per heavy atom. The summed E-state index contributed by atoms with van der Waals surface area (Å²) in [6.07, 6.45) is -0.940. The van der Waals surface area contributed by atoms with Crippen LogP contribution in [0.1, 0.15) is 20.8 Å². The van der Waals surface area contributed by atoms with E-state index in [4.69, 9.17) is 4.74 Å². The van der Waals surface area contributed by atoms with Crippen LogP contribution in [-0.2, 0) is 4.74 Å². The van der Waals surface area contributed by atoms with E-state index in [0.717, 1.165) is 6.07 Å². The van der Waals surface area contributed by atoms with Crippen molar-refractivity contribution in [2.75, 3.05) is 5.32 Å². The predicted molar refractivity (Wildman–Crippen MR) is 68.9 cm³/mol. The number of carbonyl (C=O) groups excluding carboxylic acids is 1. The normalized spacial score (nSPS) is 11.3. The van der Waals surface area contributed by atoms with Crippen LogP contribution >= 0.6 is 22.6 Å². The van der Waals surface area contributed by atoms with E-state index in [0.29, 0.717) is 0 Å². The van der Waals surface area contributed by atoms with Crippen LogP contribution < -0.4 is 5.32 Å². The minimum Gasteiger partial charge on any atom is -0.444 e. The van der Waals surface area contributed by atoms with E-state index in [1.165, 1.54) is 0 Å². The number of amides is 1. The highest BCUT2D eigenvalue weighted by molar-refractivity contribution is 14.1. The number of nitrogens with one attached hydrogen (secondary N) is 1. The molecule has 0 saturated carbocycles. The number of halogens is 4. The van der Waals surface area contributed by atoms with E-state index in [1.807, 2.05) is 0 Å². The second-order valence-corrected chi connectivity index (χ2v) is 5.63. The third-order valence-corrected chi connectivity index (χ3v) is 2.59. The van der Waals surface area contributed by atoms with Crippen molar-refractivity contribution in [3.8, 4) is 0 Å². The summed E-state index contributed by atoms with van der Waals surface area (Å²) in [6.45, 7) is 4.87. The zero-order valence-electron chi connectivity index (χ0n) is 9.91. The molecule has 1 amide bonds. The fourth-order valence-corrected chi connectivity index (χ4v) is 1.73. The highest BCUT2D eigenvalue weighted by Gasteiger charge is 2.22. The van der Waals surface area contributed by atoms with Crippen molar-refractivity contribution >= 4 is 34.4 Å². The van der Waals surface area contributed by atoms with E-state index < -0.39 is 34.8 Å². The Kier molecular flexibility index (Phi) is 4.46. The zero-order valence-corrected chi connectivity index (χ0v) is 12.1. The van der Waals surface area contributed by atoms with Gasteiger partial charge < -0.3 is 4.74 Å². The molecule has 7 heteroatoms. The van der Waals surface area contributed by atoms with E-state index in [1.54, 1.807) is 43.4 Å². The number of hydrogen-bond acceptors (Lipinski definition) is 2. The average Bonchev–Trinajstić information content (AvgIpc) is 2.19. The molecule has 0 spiro atoms. The molecule has 3 nitrogen and oxygen atoms in total. The monoisotopic (exact) mass is 373 g/mol. The molecule has 0 unspecified atom stereocenters. The van der Waals surface area contributed by atoms with Gasteiger partial charge in [-0.2, -0.15) is 0 Å². The molecule has 0 fully saturated rings. The van der Waals surface area contributed by atoms with Crippen LogP contribution in [0.2, 0.25) is 0 Å². The SMILES string of the molecule is CC(C)(C)OC(=O)Nc1c(I)cc(F)c(F)c1F. The van der Waals surface area contributed by atoms with Gasteiger partial charge in [-0.15, -0.1) is 0 Å². The van der Waals surface area contributed by atoms with E-state index >= 15 is 0 Å². The van der Waals surface area contributed by atoms with Crippen molar-refractivity contribution in [1.29, 1.82) is 0 Å². The molecule has 0 aliphatic heterocycles. The molecule has 0 atom stereocenters. The Morgan fingerprint density at radius 2 is 1.83 bits per heavy atom. The second kappa shape index (κ2) is 5.33. The first-order chi connectivity index (χ1) is 8.11. The third kappa shape index (κ3) is 3.76. The summed E-state index contributed by atoms with van der Waals surface area (Å²) in [7, 11) is 0. The summed E-state index contributed by atoms with van der Waals surface area (Å²) in [6, 6.07) is 0.783. The summed E-state index contributed by atoms with van der Waals surface area (Å²) < 4.78 is 44.2. The molecular weight excluding hydrogens is 362 g/mol. The molecule has 0 aliphatic carbocycles. The molecule has 0 aromatic heterocycles. The third-order valence-electron chi connectivity index (χ3n) is 1.74. The molecule has 1 N–H and O–H groups in total. The Morgan fingerprint density at radius 1 is 1.28 bits per heavy atom. The molecule has 0 bridgehead atoms. The second-order valence-electron chi connectivity index (χ2n) is 4.47. The minimum absolute atomic E-state index is 0.0369. The molecule has 0 heterocycles. The minimum atomic E-state index is -1.64. The fraction of sp³-hybridized carbons (Fsp3) is 0.364.